The van der Waals surface area contributed by atoms with Crippen LogP contribution >= 0.6 is 0 Å². The number of hydrogen-bond donors (Lipinski definition) is 0. The van der Waals surface area contributed by atoms with E-state index in [1.54, 1.807) is 0 Å². The maximum Gasteiger partial charge on any atom is -0.0414 e. The maximum atomic E-state index is 2.39. The molecular formula is C20H40. The summed E-state index contributed by atoms with van der Waals surface area (Å²) in [6, 6.07) is 0. The quantitative estimate of drug-likeness (QED) is 0.509. The lowest BCUT2D eigenvalue weighted by atomic mass is 9.81. The highest BCUT2D eigenvalue weighted by molar-refractivity contribution is 4.69. The molecule has 0 heteroatoms. The minimum absolute atomic E-state index is 1.02. The average molecular weight is 281 g/mol. The van der Waals surface area contributed by atoms with Crippen molar-refractivity contribution in [2.45, 2.75) is 105 Å². The summed E-state index contributed by atoms with van der Waals surface area (Å²) >= 11 is 0. The van der Waals surface area contributed by atoms with Crippen molar-refractivity contribution >= 4 is 0 Å². The van der Waals surface area contributed by atoms with Gasteiger partial charge in [0.1, 0.15) is 0 Å². The fraction of sp³-hybridized carbons (Fsp3) is 1.00. The number of rotatable bonds is 4. The van der Waals surface area contributed by atoms with Crippen molar-refractivity contribution < 1.29 is 0 Å². The highest BCUT2D eigenvalue weighted by Gasteiger charge is 2.17. The van der Waals surface area contributed by atoms with Crippen molar-refractivity contribution in [2.75, 3.05) is 0 Å². The molecule has 2 fully saturated rings. The highest BCUT2D eigenvalue weighted by Crippen LogP contribution is 2.31. The first-order chi connectivity index (χ1) is 9.65. The predicted molar refractivity (Wildman–Crippen MR) is 92.1 cm³/mol. The molecule has 0 aromatic heterocycles. The van der Waals surface area contributed by atoms with Crippen LogP contribution in [0.15, 0.2) is 0 Å². The highest BCUT2D eigenvalue weighted by atomic mass is 14.2. The summed E-state index contributed by atoms with van der Waals surface area (Å²) < 4.78 is 0. The van der Waals surface area contributed by atoms with Crippen molar-refractivity contribution in [1.29, 1.82) is 0 Å². The zero-order chi connectivity index (χ0) is 14.8. The molecule has 0 N–H and O–H groups in total. The molecule has 0 amide bonds. The number of hydrogen-bond acceptors (Lipinski definition) is 0. The van der Waals surface area contributed by atoms with Crippen molar-refractivity contribution in [3.63, 3.8) is 0 Å². The van der Waals surface area contributed by atoms with Gasteiger partial charge in [0.2, 0.25) is 0 Å². The van der Waals surface area contributed by atoms with Crippen LogP contribution in [0.1, 0.15) is 105 Å². The molecular weight excluding hydrogens is 240 g/mol. The second-order valence-corrected chi connectivity index (χ2v) is 7.83. The van der Waals surface area contributed by atoms with Gasteiger partial charge in [0.25, 0.3) is 0 Å². The second kappa shape index (κ2) is 10.7. The molecule has 0 radical (unpaired) electrons. The summed E-state index contributed by atoms with van der Waals surface area (Å²) in [4.78, 5) is 0. The summed E-state index contributed by atoms with van der Waals surface area (Å²) in [7, 11) is 0. The minimum Gasteiger partial charge on any atom is -0.0654 e. The first-order valence-electron chi connectivity index (χ1n) is 9.65. The Kier molecular flexibility index (Phi) is 9.65. The first-order valence-corrected chi connectivity index (χ1v) is 9.65. The van der Waals surface area contributed by atoms with Crippen LogP contribution < -0.4 is 0 Å². The Hall–Kier alpha value is 0. The SMILES string of the molecule is CCCC1CCC(C)CC1.CCCC1CCC(C)CC1. The Balaban J connectivity index is 0.000000200. The van der Waals surface area contributed by atoms with E-state index in [2.05, 4.69) is 27.7 Å². The van der Waals surface area contributed by atoms with E-state index in [1.165, 1.54) is 77.0 Å². The zero-order valence-corrected chi connectivity index (χ0v) is 14.8. The van der Waals surface area contributed by atoms with Crippen LogP contribution in [0.5, 0.6) is 0 Å². The van der Waals surface area contributed by atoms with Crippen molar-refractivity contribution in [3.8, 4) is 0 Å². The fourth-order valence-electron chi connectivity index (χ4n) is 4.05. The molecule has 0 aliphatic heterocycles. The van der Waals surface area contributed by atoms with Crippen molar-refractivity contribution in [1.82, 2.24) is 0 Å². The maximum absolute atomic E-state index is 2.39. The molecule has 0 unspecified atom stereocenters. The fourth-order valence-corrected chi connectivity index (χ4v) is 4.05. The van der Waals surface area contributed by atoms with Gasteiger partial charge in [0, 0.05) is 0 Å². The molecule has 0 saturated heterocycles. The summed E-state index contributed by atoms with van der Waals surface area (Å²) in [5, 5.41) is 0. The third-order valence-electron chi connectivity index (χ3n) is 5.66. The summed E-state index contributed by atoms with van der Waals surface area (Å²) in [6.07, 6.45) is 17.7. The molecule has 0 heterocycles. The van der Waals surface area contributed by atoms with Crippen molar-refractivity contribution in [2.24, 2.45) is 23.7 Å². The van der Waals surface area contributed by atoms with Crippen LogP contribution in [0.3, 0.4) is 0 Å². The van der Waals surface area contributed by atoms with Gasteiger partial charge in [-0.2, -0.15) is 0 Å². The average Bonchev–Trinajstić information content (AvgIpc) is 2.45. The summed E-state index contributed by atoms with van der Waals surface area (Å²) in [5.41, 5.74) is 0. The van der Waals surface area contributed by atoms with Gasteiger partial charge in [0.15, 0.2) is 0 Å². The third-order valence-corrected chi connectivity index (χ3v) is 5.66. The topological polar surface area (TPSA) is 0 Å². The van der Waals surface area contributed by atoms with Gasteiger partial charge < -0.3 is 0 Å². The van der Waals surface area contributed by atoms with Gasteiger partial charge in [-0.1, -0.05) is 105 Å². The normalized spacial score (nSPS) is 34.2. The molecule has 0 aromatic carbocycles. The molecule has 2 saturated carbocycles. The molecule has 0 atom stereocenters. The Bertz CT molecular complexity index is 180. The largest absolute Gasteiger partial charge is 0.0654 e. The predicted octanol–water partition coefficient (Wildman–Crippen LogP) is 7.23. The van der Waals surface area contributed by atoms with E-state index in [9.17, 15) is 0 Å². The van der Waals surface area contributed by atoms with E-state index in [0.717, 1.165) is 23.7 Å². The van der Waals surface area contributed by atoms with E-state index < -0.39 is 0 Å². The molecule has 2 aliphatic rings. The first kappa shape index (κ1) is 18.1. The van der Waals surface area contributed by atoms with E-state index in [0.29, 0.717) is 0 Å². The molecule has 0 aromatic rings. The van der Waals surface area contributed by atoms with Gasteiger partial charge in [-0.25, -0.2) is 0 Å². The molecule has 0 spiro atoms. The van der Waals surface area contributed by atoms with Crippen LogP contribution in [-0.2, 0) is 0 Å². The van der Waals surface area contributed by atoms with Crippen LogP contribution in [0.2, 0.25) is 0 Å². The van der Waals surface area contributed by atoms with Gasteiger partial charge in [-0.3, -0.25) is 0 Å². The lowest BCUT2D eigenvalue weighted by Crippen LogP contribution is -2.11. The molecule has 2 rings (SSSR count). The lowest BCUT2D eigenvalue weighted by Gasteiger charge is -2.25. The zero-order valence-electron chi connectivity index (χ0n) is 14.8. The standard InChI is InChI=1S/2C10H20/c2*1-3-4-10-7-5-9(2)6-8-10/h2*9-10H,3-8H2,1-2H3. The second-order valence-electron chi connectivity index (χ2n) is 7.83. The van der Waals surface area contributed by atoms with E-state index in [-0.39, 0.29) is 0 Å². The van der Waals surface area contributed by atoms with Crippen LogP contribution in [0, 0.1) is 23.7 Å². The van der Waals surface area contributed by atoms with E-state index in [1.807, 2.05) is 0 Å². The molecule has 20 heavy (non-hydrogen) atoms. The van der Waals surface area contributed by atoms with Crippen LogP contribution in [0.4, 0.5) is 0 Å². The molecule has 120 valence electrons. The van der Waals surface area contributed by atoms with Crippen LogP contribution in [-0.4, -0.2) is 0 Å². The van der Waals surface area contributed by atoms with E-state index >= 15 is 0 Å². The Morgan fingerprint density at radius 1 is 0.550 bits per heavy atom. The van der Waals surface area contributed by atoms with Gasteiger partial charge in [-0.05, 0) is 23.7 Å². The van der Waals surface area contributed by atoms with Gasteiger partial charge in [-0.15, -0.1) is 0 Å². The molecule has 0 nitrogen and oxygen atoms in total. The molecule has 0 bridgehead atoms. The Labute approximate surface area is 129 Å². The summed E-state index contributed by atoms with van der Waals surface area (Å²) in [6.45, 7) is 9.39. The van der Waals surface area contributed by atoms with Gasteiger partial charge in [0.05, 0.1) is 0 Å². The third kappa shape index (κ3) is 7.70. The minimum atomic E-state index is 1.02. The van der Waals surface area contributed by atoms with Gasteiger partial charge >= 0.3 is 0 Å². The molecule has 2 aliphatic carbocycles. The van der Waals surface area contributed by atoms with E-state index in [4.69, 9.17) is 0 Å². The smallest absolute Gasteiger partial charge is 0.0414 e. The summed E-state index contributed by atoms with van der Waals surface area (Å²) in [5.74, 6) is 4.21. The monoisotopic (exact) mass is 280 g/mol. The Morgan fingerprint density at radius 3 is 1.10 bits per heavy atom. The van der Waals surface area contributed by atoms with Crippen molar-refractivity contribution in [3.05, 3.63) is 0 Å². The lowest BCUT2D eigenvalue weighted by molar-refractivity contribution is 0.276. The van der Waals surface area contributed by atoms with Crippen LogP contribution in [0.25, 0.3) is 0 Å². The Morgan fingerprint density at radius 2 is 0.850 bits per heavy atom.